The van der Waals surface area contributed by atoms with Gasteiger partial charge in [-0.2, -0.15) is 0 Å². The maximum Gasteiger partial charge on any atom is 0.152 e. The van der Waals surface area contributed by atoms with Gasteiger partial charge in [-0.25, -0.2) is 16.9 Å². The molecule has 0 N–H and O–H groups in total. The zero-order valence-corrected chi connectivity index (χ0v) is 9.53. The molecule has 0 aromatic rings. The van der Waals surface area contributed by atoms with Crippen LogP contribution in [0.15, 0.2) is 0 Å². The van der Waals surface area contributed by atoms with Crippen LogP contribution in [0, 0.1) is 0 Å². The van der Waals surface area contributed by atoms with E-state index in [4.69, 9.17) is 0 Å². The lowest BCUT2D eigenvalue weighted by Gasteiger charge is -2.26. The molecule has 1 rings (SSSR count). The molecule has 4 nitrogen and oxygen atoms in total. The van der Waals surface area contributed by atoms with Gasteiger partial charge in [-0.1, -0.05) is 0 Å². The minimum Gasteiger partial charge on any atom is -0.242 e. The minimum atomic E-state index is -2.85. The van der Waals surface area contributed by atoms with Crippen molar-refractivity contribution in [2.75, 3.05) is 24.6 Å². The van der Waals surface area contributed by atoms with Gasteiger partial charge in [0.15, 0.2) is 9.84 Å². The van der Waals surface area contributed by atoms with Gasteiger partial charge >= 0.3 is 0 Å². The molecule has 1 unspecified atom stereocenters. The summed E-state index contributed by atoms with van der Waals surface area (Å²) in [7, 11) is -3.87. The lowest BCUT2D eigenvalue weighted by atomic mass is 10.6. The normalized spacial score (nSPS) is 26.1. The van der Waals surface area contributed by atoms with Crippen molar-refractivity contribution in [1.82, 2.24) is 4.31 Å². The van der Waals surface area contributed by atoms with Gasteiger partial charge in [0.1, 0.15) is 0 Å². The van der Waals surface area contributed by atoms with Crippen LogP contribution in [0.1, 0.15) is 13.8 Å². The zero-order valence-electron chi connectivity index (χ0n) is 7.89. The summed E-state index contributed by atoms with van der Waals surface area (Å²) >= 11 is 0. The molecule has 1 saturated heterocycles. The van der Waals surface area contributed by atoms with Crippen LogP contribution in [0.3, 0.4) is 0 Å². The zero-order chi connectivity index (χ0) is 10.1. The van der Waals surface area contributed by atoms with E-state index in [1.54, 1.807) is 4.31 Å². The standard InChI is InChI=1S/C7H15NO3S2/c1-7(2)12(9)8-3-5-13(10,11)6-4-8/h7H,3-6H2,1-2H3. The third-order valence-electron chi connectivity index (χ3n) is 1.96. The van der Waals surface area contributed by atoms with Crippen molar-refractivity contribution >= 4 is 20.8 Å². The minimum absolute atomic E-state index is 0.0702. The Morgan fingerprint density at radius 2 is 1.69 bits per heavy atom. The van der Waals surface area contributed by atoms with Crippen LogP contribution in [-0.2, 0) is 20.8 Å². The first-order valence-electron chi connectivity index (χ1n) is 4.28. The number of rotatable bonds is 2. The van der Waals surface area contributed by atoms with Gasteiger partial charge in [-0.3, -0.25) is 0 Å². The highest BCUT2D eigenvalue weighted by atomic mass is 32.2. The molecule has 1 heterocycles. The molecule has 1 fully saturated rings. The SMILES string of the molecule is CC(C)S(=O)N1CCS(=O)(=O)CC1. The molecule has 1 aliphatic rings. The highest BCUT2D eigenvalue weighted by Crippen LogP contribution is 2.09. The van der Waals surface area contributed by atoms with Crippen LogP contribution in [-0.4, -0.2) is 46.8 Å². The Kier molecular flexibility index (Phi) is 3.48. The van der Waals surface area contributed by atoms with Crippen molar-refractivity contribution in [3.05, 3.63) is 0 Å². The number of hydrogen-bond acceptors (Lipinski definition) is 3. The molecule has 0 aromatic heterocycles. The van der Waals surface area contributed by atoms with E-state index >= 15 is 0 Å². The van der Waals surface area contributed by atoms with Crippen LogP contribution < -0.4 is 0 Å². The average Bonchev–Trinajstić information content (AvgIpc) is 2.03. The molecule has 1 atom stereocenters. The molecular formula is C7H15NO3S2. The van der Waals surface area contributed by atoms with Crippen LogP contribution in [0.25, 0.3) is 0 Å². The Hall–Kier alpha value is 0.0600. The number of hydrogen-bond donors (Lipinski definition) is 0. The van der Waals surface area contributed by atoms with Crippen molar-refractivity contribution in [1.29, 1.82) is 0 Å². The summed E-state index contributed by atoms with van der Waals surface area (Å²) in [5, 5.41) is 0.0702. The summed E-state index contributed by atoms with van der Waals surface area (Å²) in [5.74, 6) is 0.289. The highest BCUT2D eigenvalue weighted by Gasteiger charge is 2.25. The quantitative estimate of drug-likeness (QED) is 0.653. The fraction of sp³-hybridized carbons (Fsp3) is 1.00. The molecular weight excluding hydrogens is 210 g/mol. The maximum atomic E-state index is 11.6. The average molecular weight is 225 g/mol. The molecule has 0 saturated carbocycles. The van der Waals surface area contributed by atoms with Crippen molar-refractivity contribution < 1.29 is 12.6 Å². The molecule has 13 heavy (non-hydrogen) atoms. The van der Waals surface area contributed by atoms with E-state index in [0.717, 1.165) is 0 Å². The Balaban J connectivity index is 2.55. The summed E-state index contributed by atoms with van der Waals surface area (Å²) in [4.78, 5) is 0. The largest absolute Gasteiger partial charge is 0.242 e. The van der Waals surface area contributed by atoms with Gasteiger partial charge in [0, 0.05) is 18.3 Å². The molecule has 0 spiro atoms. The Bertz CT molecular complexity index is 283. The predicted octanol–water partition coefficient (Wildman–Crippen LogP) is -0.211. The monoisotopic (exact) mass is 225 g/mol. The molecule has 0 bridgehead atoms. The van der Waals surface area contributed by atoms with Crippen LogP contribution in [0.2, 0.25) is 0 Å². The van der Waals surface area contributed by atoms with Gasteiger partial charge < -0.3 is 0 Å². The van der Waals surface area contributed by atoms with Crippen molar-refractivity contribution in [3.8, 4) is 0 Å². The van der Waals surface area contributed by atoms with E-state index in [1.807, 2.05) is 13.8 Å². The fourth-order valence-electron chi connectivity index (χ4n) is 1.17. The summed E-state index contributed by atoms with van der Waals surface area (Å²) in [6.45, 7) is 4.57. The highest BCUT2D eigenvalue weighted by molar-refractivity contribution is 7.91. The fourth-order valence-corrected chi connectivity index (χ4v) is 3.74. The first-order valence-corrected chi connectivity index (χ1v) is 7.27. The van der Waals surface area contributed by atoms with Crippen molar-refractivity contribution in [3.63, 3.8) is 0 Å². The van der Waals surface area contributed by atoms with Gasteiger partial charge in [0.2, 0.25) is 0 Å². The first-order chi connectivity index (χ1) is 5.92. The van der Waals surface area contributed by atoms with Crippen molar-refractivity contribution in [2.24, 2.45) is 0 Å². The van der Waals surface area contributed by atoms with E-state index in [9.17, 15) is 12.6 Å². The van der Waals surface area contributed by atoms with Crippen molar-refractivity contribution in [2.45, 2.75) is 19.1 Å². The summed E-state index contributed by atoms with van der Waals surface area (Å²) < 4.78 is 35.4. The predicted molar refractivity (Wildman–Crippen MR) is 53.5 cm³/mol. The topological polar surface area (TPSA) is 54.5 Å². The van der Waals surface area contributed by atoms with E-state index in [-0.39, 0.29) is 16.8 Å². The second-order valence-electron chi connectivity index (χ2n) is 3.41. The number of nitrogens with zero attached hydrogens (tertiary/aromatic N) is 1. The van der Waals surface area contributed by atoms with Crippen LogP contribution in [0.5, 0.6) is 0 Å². The summed E-state index contributed by atoms with van der Waals surface area (Å²) in [6.07, 6.45) is 0. The van der Waals surface area contributed by atoms with E-state index < -0.39 is 20.8 Å². The van der Waals surface area contributed by atoms with Crippen LogP contribution in [0.4, 0.5) is 0 Å². The lowest BCUT2D eigenvalue weighted by molar-refractivity contribution is 0.461. The first kappa shape index (κ1) is 11.1. The molecule has 0 amide bonds. The van der Waals surface area contributed by atoms with E-state index in [1.165, 1.54) is 0 Å². The van der Waals surface area contributed by atoms with Gasteiger partial charge in [-0.05, 0) is 13.8 Å². The Morgan fingerprint density at radius 1 is 1.23 bits per heavy atom. The second-order valence-corrected chi connectivity index (χ2v) is 7.72. The van der Waals surface area contributed by atoms with Gasteiger partial charge in [0.25, 0.3) is 0 Å². The maximum absolute atomic E-state index is 11.6. The van der Waals surface area contributed by atoms with Crippen LogP contribution >= 0.6 is 0 Å². The van der Waals surface area contributed by atoms with Gasteiger partial charge in [-0.15, -0.1) is 0 Å². The molecule has 6 heteroatoms. The van der Waals surface area contributed by atoms with E-state index in [2.05, 4.69) is 0 Å². The molecule has 78 valence electrons. The molecule has 0 aliphatic carbocycles. The Morgan fingerprint density at radius 3 is 2.08 bits per heavy atom. The third kappa shape index (κ3) is 3.03. The number of sulfone groups is 1. The summed E-state index contributed by atoms with van der Waals surface area (Å²) in [5.41, 5.74) is 0. The lowest BCUT2D eigenvalue weighted by Crippen LogP contribution is -2.43. The second kappa shape index (κ2) is 4.06. The summed E-state index contributed by atoms with van der Waals surface area (Å²) in [6, 6.07) is 0. The molecule has 0 radical (unpaired) electrons. The van der Waals surface area contributed by atoms with Gasteiger partial charge in [0.05, 0.1) is 22.5 Å². The Labute approximate surface area is 81.8 Å². The molecule has 1 aliphatic heterocycles. The third-order valence-corrected chi connectivity index (χ3v) is 5.25. The smallest absolute Gasteiger partial charge is 0.152 e. The molecule has 0 aromatic carbocycles. The van der Waals surface area contributed by atoms with E-state index in [0.29, 0.717) is 13.1 Å².